The van der Waals surface area contributed by atoms with E-state index in [1.165, 1.54) is 82.9 Å². The van der Waals surface area contributed by atoms with E-state index in [0.29, 0.717) is 0 Å². The molecule has 0 fully saturated rings. The average Bonchev–Trinajstić information content (AvgIpc) is 3.20. The zero-order valence-corrected chi connectivity index (χ0v) is 29.1. The minimum Gasteiger partial charge on any atom is -0.310 e. The third-order valence-electron chi connectivity index (χ3n) is 10.7. The van der Waals surface area contributed by atoms with Gasteiger partial charge in [0, 0.05) is 17.1 Å². The first kappa shape index (κ1) is 30.8. The molecule has 8 aromatic rings. The van der Waals surface area contributed by atoms with Gasteiger partial charge in [0.05, 0.1) is 0 Å². The Bertz CT molecular complexity index is 2560. The highest BCUT2D eigenvalue weighted by Gasteiger charge is 2.19. The van der Waals surface area contributed by atoms with E-state index in [0.717, 1.165) is 24.2 Å². The fraction of sp³-hybridized carbons (Fsp3) is 0.0800. The Labute approximate surface area is 300 Å². The molecule has 244 valence electrons. The predicted octanol–water partition coefficient (Wildman–Crippen LogP) is 14.0. The van der Waals surface area contributed by atoms with Crippen molar-refractivity contribution in [1.29, 1.82) is 0 Å². The summed E-state index contributed by atoms with van der Waals surface area (Å²) in [6.45, 7) is 4.53. The third-order valence-corrected chi connectivity index (χ3v) is 10.7. The fourth-order valence-corrected chi connectivity index (χ4v) is 8.12. The Kier molecular flexibility index (Phi) is 7.82. The summed E-state index contributed by atoms with van der Waals surface area (Å²) in [6, 6.07) is 59.8. The minimum absolute atomic E-state index is 1.09. The van der Waals surface area contributed by atoms with Gasteiger partial charge in [-0.3, -0.25) is 0 Å². The zero-order valence-electron chi connectivity index (χ0n) is 29.1. The van der Waals surface area contributed by atoms with Crippen molar-refractivity contribution in [1.82, 2.24) is 0 Å². The van der Waals surface area contributed by atoms with Crippen LogP contribution in [0.5, 0.6) is 0 Å². The Hall–Kier alpha value is -6.18. The zero-order chi connectivity index (χ0) is 34.3. The summed E-state index contributed by atoms with van der Waals surface area (Å²) in [5.41, 5.74) is 16.3. The normalized spacial score (nSPS) is 12.3. The lowest BCUT2D eigenvalue weighted by molar-refractivity contribution is 1.00. The molecule has 0 spiro atoms. The molecule has 1 aliphatic carbocycles. The Balaban J connectivity index is 1.14. The number of nitrogens with zero attached hydrogens (tertiary/aromatic N) is 1. The molecule has 1 aliphatic rings. The maximum atomic E-state index is 2.39. The van der Waals surface area contributed by atoms with Crippen LogP contribution in [0.2, 0.25) is 0 Å². The van der Waals surface area contributed by atoms with Crippen LogP contribution in [-0.4, -0.2) is 0 Å². The van der Waals surface area contributed by atoms with Gasteiger partial charge in [-0.05, 0) is 140 Å². The minimum atomic E-state index is 1.09. The molecule has 9 rings (SSSR count). The molecule has 0 amide bonds. The van der Waals surface area contributed by atoms with Gasteiger partial charge in [0.1, 0.15) is 0 Å². The summed E-state index contributed by atoms with van der Waals surface area (Å²) in [7, 11) is 0. The number of benzene rings is 8. The van der Waals surface area contributed by atoms with Crippen molar-refractivity contribution >= 4 is 44.7 Å². The number of aryl methyl sites for hydroxylation is 3. The number of anilines is 3. The number of hydrogen-bond donors (Lipinski definition) is 0. The molecule has 0 saturated carbocycles. The van der Waals surface area contributed by atoms with Crippen LogP contribution in [0.15, 0.2) is 170 Å². The standard InChI is InChI=1S/C50H39N/c1-34-33-40(37-15-7-4-8-16-37)25-32-49(34)51(41-26-21-38(22-27-41)36-13-5-3-6-14-36)42-28-23-39(24-29-42)43-30-31-48-46-19-10-9-17-44(46)45-18-11-12-20-47(45)50(48)35(43)2/h3-9,11-18,20-33H,10,19H2,1-2H3. The van der Waals surface area contributed by atoms with Gasteiger partial charge in [0.25, 0.3) is 0 Å². The second kappa shape index (κ2) is 12.9. The van der Waals surface area contributed by atoms with Crippen LogP contribution < -0.4 is 4.90 Å². The first-order valence-corrected chi connectivity index (χ1v) is 18.0. The largest absolute Gasteiger partial charge is 0.310 e. The van der Waals surface area contributed by atoms with Crippen LogP contribution in [0, 0.1) is 13.8 Å². The topological polar surface area (TPSA) is 3.24 Å². The smallest absolute Gasteiger partial charge is 0.0491 e. The van der Waals surface area contributed by atoms with Crippen LogP contribution >= 0.6 is 0 Å². The molecule has 0 unspecified atom stereocenters. The van der Waals surface area contributed by atoms with Crippen LogP contribution in [0.3, 0.4) is 0 Å². The molecule has 0 bridgehead atoms. The van der Waals surface area contributed by atoms with E-state index in [2.05, 4.69) is 195 Å². The Morgan fingerprint density at radius 3 is 1.71 bits per heavy atom. The van der Waals surface area contributed by atoms with Crippen LogP contribution in [0.25, 0.3) is 61.0 Å². The molecular formula is C50H39N. The predicted molar refractivity (Wildman–Crippen MR) is 219 cm³/mol. The van der Waals surface area contributed by atoms with E-state index >= 15 is 0 Å². The summed E-state index contributed by atoms with van der Waals surface area (Å²) in [5, 5.41) is 5.48. The van der Waals surface area contributed by atoms with Gasteiger partial charge in [-0.2, -0.15) is 0 Å². The SMILES string of the molecule is Cc1cc(-c2ccccc2)ccc1N(c1ccc(-c2ccccc2)cc1)c1ccc(-c2ccc3c4c(c5ccccc5c3c2C)C=CCC4)cc1. The van der Waals surface area contributed by atoms with Gasteiger partial charge in [-0.15, -0.1) is 0 Å². The van der Waals surface area contributed by atoms with Crippen molar-refractivity contribution < 1.29 is 0 Å². The monoisotopic (exact) mass is 653 g/mol. The maximum absolute atomic E-state index is 2.39. The van der Waals surface area contributed by atoms with E-state index in [1.54, 1.807) is 0 Å². The summed E-state index contributed by atoms with van der Waals surface area (Å²) in [4.78, 5) is 2.39. The van der Waals surface area contributed by atoms with E-state index in [9.17, 15) is 0 Å². The quantitative estimate of drug-likeness (QED) is 0.161. The summed E-state index contributed by atoms with van der Waals surface area (Å²) in [5.74, 6) is 0. The second-order valence-corrected chi connectivity index (χ2v) is 13.7. The van der Waals surface area contributed by atoms with Gasteiger partial charge in [-0.1, -0.05) is 140 Å². The molecule has 0 saturated heterocycles. The second-order valence-electron chi connectivity index (χ2n) is 13.7. The number of fused-ring (bicyclic) bond motifs is 6. The molecule has 0 aromatic heterocycles. The average molecular weight is 654 g/mol. The number of rotatable bonds is 6. The lowest BCUT2D eigenvalue weighted by Crippen LogP contribution is -2.11. The molecule has 0 atom stereocenters. The van der Waals surface area contributed by atoms with E-state index in [4.69, 9.17) is 0 Å². The van der Waals surface area contributed by atoms with Crippen molar-refractivity contribution in [2.24, 2.45) is 0 Å². The summed E-state index contributed by atoms with van der Waals surface area (Å²) < 4.78 is 0. The molecule has 1 heteroatoms. The van der Waals surface area contributed by atoms with Gasteiger partial charge >= 0.3 is 0 Å². The van der Waals surface area contributed by atoms with Crippen molar-refractivity contribution in [3.05, 3.63) is 192 Å². The molecule has 1 nitrogen and oxygen atoms in total. The Morgan fingerprint density at radius 1 is 0.471 bits per heavy atom. The highest BCUT2D eigenvalue weighted by atomic mass is 15.1. The van der Waals surface area contributed by atoms with E-state index in [-0.39, 0.29) is 0 Å². The molecule has 0 aliphatic heterocycles. The van der Waals surface area contributed by atoms with Gasteiger partial charge in [0.15, 0.2) is 0 Å². The molecule has 0 N–H and O–H groups in total. The van der Waals surface area contributed by atoms with Crippen LogP contribution in [-0.2, 0) is 6.42 Å². The molecule has 8 aromatic carbocycles. The van der Waals surface area contributed by atoms with Crippen molar-refractivity contribution in [3.63, 3.8) is 0 Å². The lowest BCUT2D eigenvalue weighted by atomic mass is 9.83. The van der Waals surface area contributed by atoms with Gasteiger partial charge in [0.2, 0.25) is 0 Å². The summed E-state index contributed by atoms with van der Waals surface area (Å²) >= 11 is 0. The molecule has 0 radical (unpaired) electrons. The van der Waals surface area contributed by atoms with Gasteiger partial charge < -0.3 is 4.90 Å². The van der Waals surface area contributed by atoms with Crippen molar-refractivity contribution in [2.75, 3.05) is 4.90 Å². The molecule has 0 heterocycles. The van der Waals surface area contributed by atoms with E-state index < -0.39 is 0 Å². The Morgan fingerprint density at radius 2 is 1.04 bits per heavy atom. The number of hydrogen-bond acceptors (Lipinski definition) is 1. The van der Waals surface area contributed by atoms with Crippen molar-refractivity contribution in [3.8, 4) is 33.4 Å². The molecule has 51 heavy (non-hydrogen) atoms. The van der Waals surface area contributed by atoms with Crippen LogP contribution in [0.4, 0.5) is 17.1 Å². The van der Waals surface area contributed by atoms with Crippen molar-refractivity contribution in [2.45, 2.75) is 26.7 Å². The number of allylic oxidation sites excluding steroid dienone is 1. The maximum Gasteiger partial charge on any atom is 0.0491 e. The van der Waals surface area contributed by atoms with Gasteiger partial charge in [-0.25, -0.2) is 0 Å². The van der Waals surface area contributed by atoms with Crippen LogP contribution in [0.1, 0.15) is 28.7 Å². The highest BCUT2D eigenvalue weighted by Crippen LogP contribution is 2.43. The fourth-order valence-electron chi connectivity index (χ4n) is 8.12. The molecular weight excluding hydrogens is 615 g/mol. The summed E-state index contributed by atoms with van der Waals surface area (Å²) in [6.07, 6.45) is 6.85. The third kappa shape index (κ3) is 5.52. The van der Waals surface area contributed by atoms with E-state index in [1.807, 2.05) is 0 Å². The first-order valence-electron chi connectivity index (χ1n) is 18.0. The first-order chi connectivity index (χ1) is 25.1. The lowest BCUT2D eigenvalue weighted by Gasteiger charge is -2.28. The highest BCUT2D eigenvalue weighted by molar-refractivity contribution is 6.15.